The van der Waals surface area contributed by atoms with Crippen LogP contribution in [0.2, 0.25) is 0 Å². The van der Waals surface area contributed by atoms with E-state index in [1.165, 1.54) is 18.4 Å². The fourth-order valence-electron chi connectivity index (χ4n) is 8.82. The van der Waals surface area contributed by atoms with Crippen LogP contribution in [0, 0.1) is 17.8 Å². The van der Waals surface area contributed by atoms with Crippen LogP contribution >= 0.6 is 0 Å². The maximum Gasteiger partial charge on any atom is 0.239 e. The minimum absolute atomic E-state index is 0.00145. The van der Waals surface area contributed by atoms with Gasteiger partial charge in [0, 0.05) is 39.9 Å². The van der Waals surface area contributed by atoms with E-state index in [0.29, 0.717) is 23.7 Å². The Bertz CT molecular complexity index is 2310. The van der Waals surface area contributed by atoms with Gasteiger partial charge in [-0.2, -0.15) is 15.0 Å². The summed E-state index contributed by atoms with van der Waals surface area (Å²) in [6, 6.07) is 21.2. The molecule has 3 aliphatic carbocycles. The van der Waals surface area contributed by atoms with Gasteiger partial charge in [-0.3, -0.25) is 19.1 Å². The Balaban J connectivity index is 1.28. The zero-order chi connectivity index (χ0) is 33.0. The van der Waals surface area contributed by atoms with Gasteiger partial charge in [0.1, 0.15) is 5.82 Å². The summed E-state index contributed by atoms with van der Waals surface area (Å²) in [5.74, 6) is 3.03. The van der Waals surface area contributed by atoms with Crippen LogP contribution in [0.3, 0.4) is 0 Å². The molecular weight excluding hydrogens is 615 g/mol. The van der Waals surface area contributed by atoms with E-state index < -0.39 is 0 Å². The summed E-state index contributed by atoms with van der Waals surface area (Å²) in [7, 11) is 0. The summed E-state index contributed by atoms with van der Waals surface area (Å²) in [4.78, 5) is 25.6. The molecule has 3 aliphatic rings. The number of fused-ring (bicyclic) bond motifs is 6. The topological polar surface area (TPSA) is 74.3 Å². The largest absolute Gasteiger partial charge is 0.276 e. The zero-order valence-corrected chi connectivity index (χ0v) is 27.8. The number of hydrogen-bond donors (Lipinski definition) is 0. The fourth-order valence-corrected chi connectivity index (χ4v) is 8.82. The smallest absolute Gasteiger partial charge is 0.239 e. The van der Waals surface area contributed by atoms with Gasteiger partial charge in [0.2, 0.25) is 11.9 Å². The van der Waals surface area contributed by atoms with Crippen LogP contribution < -0.4 is 0 Å². The highest BCUT2D eigenvalue weighted by atomic mass is 15.3. The number of rotatable bonds is 5. The second kappa shape index (κ2) is 12.0. The van der Waals surface area contributed by atoms with Crippen LogP contribution in [0.25, 0.3) is 55.5 Å². The molecule has 0 bridgehead atoms. The van der Waals surface area contributed by atoms with Crippen molar-refractivity contribution in [3.8, 4) is 11.9 Å². The van der Waals surface area contributed by atoms with E-state index >= 15 is 0 Å². The normalized spacial score (nSPS) is 22.2. The third kappa shape index (κ3) is 4.67. The van der Waals surface area contributed by atoms with Crippen molar-refractivity contribution in [3.05, 3.63) is 139 Å². The second-order valence-electron chi connectivity index (χ2n) is 13.9. The van der Waals surface area contributed by atoms with Gasteiger partial charge in [0.15, 0.2) is 0 Å². The number of allylic oxidation sites excluding steroid dienone is 8. The molecule has 5 aromatic heterocycles. The predicted molar refractivity (Wildman–Crippen MR) is 201 cm³/mol. The van der Waals surface area contributed by atoms with Crippen LogP contribution in [-0.4, -0.2) is 34.1 Å². The minimum Gasteiger partial charge on any atom is -0.276 e. The lowest BCUT2D eigenvalue weighted by atomic mass is 9.68. The Morgan fingerprint density at radius 1 is 0.580 bits per heavy atom. The summed E-state index contributed by atoms with van der Waals surface area (Å²) >= 11 is 0. The van der Waals surface area contributed by atoms with Crippen LogP contribution in [0.5, 0.6) is 0 Å². The molecule has 0 radical (unpaired) electrons. The van der Waals surface area contributed by atoms with Crippen molar-refractivity contribution >= 4 is 43.6 Å². The van der Waals surface area contributed by atoms with Crippen molar-refractivity contribution in [3.63, 3.8) is 0 Å². The molecule has 244 valence electrons. The summed E-state index contributed by atoms with van der Waals surface area (Å²) in [5, 5.41) is 4.54. The fraction of sp³-hybridized carbons (Fsp3) is 0.233. The van der Waals surface area contributed by atoms with Gasteiger partial charge in [0.05, 0.1) is 34.5 Å². The molecule has 0 aliphatic heterocycles. The minimum atomic E-state index is -0.00145. The monoisotopic (exact) mass is 651 g/mol. The molecule has 4 atom stereocenters. The van der Waals surface area contributed by atoms with Gasteiger partial charge >= 0.3 is 0 Å². The van der Waals surface area contributed by atoms with Crippen LogP contribution in [0.4, 0.5) is 0 Å². The van der Waals surface area contributed by atoms with Crippen molar-refractivity contribution in [2.75, 3.05) is 0 Å². The first-order chi connectivity index (χ1) is 24.8. The lowest BCUT2D eigenvalue weighted by molar-refractivity contribution is 0.357. The van der Waals surface area contributed by atoms with E-state index in [4.69, 9.17) is 15.0 Å². The van der Waals surface area contributed by atoms with Gasteiger partial charge in [-0.15, -0.1) is 0 Å². The Labute approximate surface area is 290 Å². The molecule has 0 fully saturated rings. The Morgan fingerprint density at radius 2 is 1.18 bits per heavy atom. The van der Waals surface area contributed by atoms with Crippen LogP contribution in [0.1, 0.15) is 50.3 Å². The Morgan fingerprint density at radius 3 is 1.78 bits per heavy atom. The highest BCUT2D eigenvalue weighted by Crippen LogP contribution is 2.46. The van der Waals surface area contributed by atoms with E-state index in [1.54, 1.807) is 0 Å². The van der Waals surface area contributed by atoms with Gasteiger partial charge < -0.3 is 0 Å². The molecule has 10 rings (SSSR count). The summed E-state index contributed by atoms with van der Waals surface area (Å²) in [5.41, 5.74) is 5.44. The van der Waals surface area contributed by atoms with Crippen molar-refractivity contribution < 1.29 is 0 Å². The van der Waals surface area contributed by atoms with Gasteiger partial charge in [-0.05, 0) is 80.5 Å². The number of benzene rings is 2. The first kappa shape index (κ1) is 29.2. The second-order valence-corrected chi connectivity index (χ2v) is 13.9. The third-order valence-electron chi connectivity index (χ3n) is 11.1. The number of para-hydroxylation sites is 2. The molecule has 0 N–H and O–H groups in total. The van der Waals surface area contributed by atoms with Crippen molar-refractivity contribution in [2.45, 2.75) is 44.4 Å². The average Bonchev–Trinajstić information content (AvgIpc) is 3.71. The van der Waals surface area contributed by atoms with Crippen molar-refractivity contribution in [1.82, 2.24) is 34.1 Å². The molecule has 7 heteroatoms. The van der Waals surface area contributed by atoms with Gasteiger partial charge in [-0.1, -0.05) is 84.5 Å². The SMILES string of the molecule is C1=CC(C2C=CCCC2)C(c2nc(-n3c4ccccc4c4ccncc43)nc(-n3c4ccccc4c4ccncc43)n2)C(C2C=CCCC2)=C1. The highest BCUT2D eigenvalue weighted by molar-refractivity contribution is 6.09. The van der Waals surface area contributed by atoms with Crippen molar-refractivity contribution in [2.24, 2.45) is 17.8 Å². The lowest BCUT2D eigenvalue weighted by Gasteiger charge is -2.37. The standard InChI is InChI=1S/C43H37N7/c1-3-12-28(13-4-1)30-18-11-19-31(29-14-5-2-6-15-29)40(30)41-46-42(49-36-20-9-7-16-32(36)34-22-24-44-26-38(34)49)48-43(47-41)50-37-21-10-8-17-33(37)35-23-25-45-27-39(35)50/h3,5,7-12,14,16-30,40H,1-2,4,6,13,15H2. The zero-order valence-electron chi connectivity index (χ0n) is 27.8. The van der Waals surface area contributed by atoms with Crippen molar-refractivity contribution in [1.29, 1.82) is 0 Å². The maximum absolute atomic E-state index is 5.52. The molecule has 5 heterocycles. The van der Waals surface area contributed by atoms with E-state index in [1.807, 2.05) is 24.8 Å². The van der Waals surface area contributed by atoms with E-state index in [2.05, 4.69) is 122 Å². The first-order valence-electron chi connectivity index (χ1n) is 18.0. The van der Waals surface area contributed by atoms with Gasteiger partial charge in [-0.25, -0.2) is 0 Å². The molecule has 0 saturated carbocycles. The summed E-state index contributed by atoms with van der Waals surface area (Å²) in [6.45, 7) is 0. The molecule has 0 amide bonds. The number of nitrogens with zero attached hydrogens (tertiary/aromatic N) is 7. The third-order valence-corrected chi connectivity index (χ3v) is 11.1. The predicted octanol–water partition coefficient (Wildman–Crippen LogP) is 9.76. The number of pyridine rings is 2. The quantitative estimate of drug-likeness (QED) is 0.173. The maximum atomic E-state index is 5.52. The van der Waals surface area contributed by atoms with Crippen LogP contribution in [0.15, 0.2) is 134 Å². The molecule has 0 spiro atoms. The Kier molecular flexibility index (Phi) is 7.03. The molecule has 0 saturated heterocycles. The molecule has 4 unspecified atom stereocenters. The van der Waals surface area contributed by atoms with E-state index in [-0.39, 0.29) is 11.8 Å². The summed E-state index contributed by atoms with van der Waals surface area (Å²) < 4.78 is 4.35. The van der Waals surface area contributed by atoms with E-state index in [0.717, 1.165) is 75.1 Å². The molecule has 50 heavy (non-hydrogen) atoms. The first-order valence-corrected chi connectivity index (χ1v) is 18.0. The van der Waals surface area contributed by atoms with Gasteiger partial charge in [0.25, 0.3) is 0 Å². The summed E-state index contributed by atoms with van der Waals surface area (Å²) in [6.07, 6.45) is 31.2. The lowest BCUT2D eigenvalue weighted by Crippen LogP contribution is -2.29. The Hall–Kier alpha value is -5.69. The van der Waals surface area contributed by atoms with Crippen LogP contribution in [-0.2, 0) is 0 Å². The highest BCUT2D eigenvalue weighted by Gasteiger charge is 2.38. The molecular formula is C43H37N7. The molecule has 2 aromatic carbocycles. The average molecular weight is 652 g/mol. The number of hydrogen-bond acceptors (Lipinski definition) is 5. The molecule has 7 nitrogen and oxygen atoms in total. The number of aromatic nitrogens is 7. The van der Waals surface area contributed by atoms with E-state index in [9.17, 15) is 0 Å². The molecule has 7 aromatic rings.